The summed E-state index contributed by atoms with van der Waals surface area (Å²) < 4.78 is 15.8. The van der Waals surface area contributed by atoms with Crippen molar-refractivity contribution in [1.82, 2.24) is 4.57 Å². The molecular formula is C20H22FNO3. The Hall–Kier alpha value is -2.43. The predicted molar refractivity (Wildman–Crippen MR) is 94.4 cm³/mol. The van der Waals surface area contributed by atoms with Crippen LogP contribution >= 0.6 is 0 Å². The topological polar surface area (TPSA) is 59.3 Å². The number of hydrogen-bond acceptors (Lipinski definition) is 2. The van der Waals surface area contributed by atoms with Gasteiger partial charge in [-0.2, -0.15) is 0 Å². The summed E-state index contributed by atoms with van der Waals surface area (Å²) in [6.45, 7) is 4.60. The van der Waals surface area contributed by atoms with Crippen LogP contribution in [0.3, 0.4) is 0 Å². The first-order valence-corrected chi connectivity index (χ1v) is 8.74. The highest BCUT2D eigenvalue weighted by atomic mass is 19.1. The third kappa shape index (κ3) is 3.50. The average Bonchev–Trinajstić information content (AvgIpc) is 2.87. The van der Waals surface area contributed by atoms with E-state index in [4.69, 9.17) is 5.11 Å². The number of nitrogens with zero attached hydrogens (tertiary/aromatic N) is 1. The molecule has 0 saturated heterocycles. The van der Waals surface area contributed by atoms with E-state index in [1.807, 2.05) is 0 Å². The smallest absolute Gasteiger partial charge is 0.303 e. The van der Waals surface area contributed by atoms with E-state index in [1.165, 1.54) is 12.1 Å². The van der Waals surface area contributed by atoms with Crippen LogP contribution in [-0.2, 0) is 17.8 Å². The Kier molecular flexibility index (Phi) is 5.02. The number of rotatable bonds is 7. The maximum absolute atomic E-state index is 13.7. The number of ketones is 1. The third-order valence-electron chi connectivity index (χ3n) is 4.87. The van der Waals surface area contributed by atoms with E-state index < -0.39 is 5.97 Å². The molecule has 3 rings (SSSR count). The Morgan fingerprint density at radius 2 is 1.96 bits per heavy atom. The van der Waals surface area contributed by atoms with Crippen LogP contribution in [0.4, 0.5) is 4.39 Å². The molecule has 0 atom stereocenters. The van der Waals surface area contributed by atoms with Gasteiger partial charge in [-0.05, 0) is 49.5 Å². The monoisotopic (exact) mass is 343 g/mol. The third-order valence-corrected chi connectivity index (χ3v) is 4.87. The molecule has 0 aliphatic heterocycles. The number of benzene rings is 1. The van der Waals surface area contributed by atoms with Crippen molar-refractivity contribution in [2.24, 2.45) is 0 Å². The van der Waals surface area contributed by atoms with Gasteiger partial charge in [-0.25, -0.2) is 4.39 Å². The van der Waals surface area contributed by atoms with E-state index in [0.29, 0.717) is 29.4 Å². The summed E-state index contributed by atoms with van der Waals surface area (Å²) in [4.78, 5) is 23.1. The molecule has 1 N–H and O–H groups in total. The van der Waals surface area contributed by atoms with Gasteiger partial charge >= 0.3 is 5.97 Å². The number of aliphatic carboxylic acids is 1. The van der Waals surface area contributed by atoms with Gasteiger partial charge in [0.25, 0.3) is 0 Å². The maximum atomic E-state index is 13.7. The fourth-order valence-corrected chi connectivity index (χ4v) is 3.61. The minimum Gasteiger partial charge on any atom is -0.481 e. The molecule has 25 heavy (non-hydrogen) atoms. The second kappa shape index (κ2) is 7.21. The number of Topliss-reactive ketones (excluding diaryl/α,β-unsaturated/α-hetero) is 1. The van der Waals surface area contributed by atoms with Crippen LogP contribution in [0.25, 0.3) is 10.9 Å². The molecular weight excluding hydrogens is 321 g/mol. The molecule has 1 aliphatic rings. The van der Waals surface area contributed by atoms with Crippen LogP contribution in [0.5, 0.6) is 0 Å². The molecule has 0 unspecified atom stereocenters. The summed E-state index contributed by atoms with van der Waals surface area (Å²) in [6.07, 6.45) is 4.99. The highest BCUT2D eigenvalue weighted by Gasteiger charge is 2.28. The van der Waals surface area contributed by atoms with Crippen LogP contribution in [0.15, 0.2) is 30.4 Å². The van der Waals surface area contributed by atoms with Crippen molar-refractivity contribution in [1.29, 1.82) is 0 Å². The number of hydrogen-bond donors (Lipinski definition) is 1. The lowest BCUT2D eigenvalue weighted by Gasteiger charge is -2.17. The van der Waals surface area contributed by atoms with Crippen LogP contribution in [0.2, 0.25) is 0 Å². The molecule has 1 heterocycles. The van der Waals surface area contributed by atoms with Crippen LogP contribution < -0.4 is 0 Å². The zero-order valence-electron chi connectivity index (χ0n) is 14.2. The van der Waals surface area contributed by atoms with Crippen molar-refractivity contribution in [3.05, 3.63) is 47.4 Å². The summed E-state index contributed by atoms with van der Waals surface area (Å²) in [7, 11) is 0. The van der Waals surface area contributed by atoms with Crippen molar-refractivity contribution in [3.8, 4) is 0 Å². The number of carbonyl (C=O) groups is 2. The van der Waals surface area contributed by atoms with Gasteiger partial charge in [-0.15, -0.1) is 0 Å². The van der Waals surface area contributed by atoms with Crippen LogP contribution in [0, 0.1) is 5.82 Å². The minimum absolute atomic E-state index is 0.0722. The summed E-state index contributed by atoms with van der Waals surface area (Å²) in [5.41, 5.74) is 3.06. The molecule has 1 aliphatic carbocycles. The first kappa shape index (κ1) is 17.4. The number of carbonyl (C=O) groups excluding carboxylic acids is 1. The molecule has 0 saturated carbocycles. The summed E-state index contributed by atoms with van der Waals surface area (Å²) in [5, 5.41) is 9.34. The second-order valence-electron chi connectivity index (χ2n) is 6.63. The molecule has 2 aromatic rings. The van der Waals surface area contributed by atoms with Crippen LogP contribution in [-0.4, -0.2) is 21.4 Å². The van der Waals surface area contributed by atoms with Gasteiger partial charge in [0.15, 0.2) is 5.78 Å². The Morgan fingerprint density at radius 1 is 1.20 bits per heavy atom. The van der Waals surface area contributed by atoms with Crippen molar-refractivity contribution < 1.29 is 19.1 Å². The number of fused-ring (bicyclic) bond motifs is 3. The molecule has 132 valence electrons. The quantitative estimate of drug-likeness (QED) is 0.595. The van der Waals surface area contributed by atoms with E-state index >= 15 is 0 Å². The van der Waals surface area contributed by atoms with Crippen molar-refractivity contribution in [3.63, 3.8) is 0 Å². The number of carboxylic acids is 1. The molecule has 0 bridgehead atoms. The summed E-state index contributed by atoms with van der Waals surface area (Å²) in [5.74, 6) is -1.17. The van der Waals surface area contributed by atoms with E-state index in [1.54, 1.807) is 6.07 Å². The average molecular weight is 343 g/mol. The van der Waals surface area contributed by atoms with E-state index in [9.17, 15) is 14.0 Å². The van der Waals surface area contributed by atoms with Gasteiger partial charge in [-0.3, -0.25) is 9.59 Å². The zero-order chi connectivity index (χ0) is 18.0. The Bertz CT molecular complexity index is 850. The summed E-state index contributed by atoms with van der Waals surface area (Å²) >= 11 is 0. The lowest BCUT2D eigenvalue weighted by molar-refractivity contribution is -0.137. The lowest BCUT2D eigenvalue weighted by Crippen LogP contribution is -2.15. The molecule has 0 radical (unpaired) electrons. The lowest BCUT2D eigenvalue weighted by atomic mass is 9.91. The highest BCUT2D eigenvalue weighted by Crippen LogP contribution is 2.34. The minimum atomic E-state index is -0.758. The molecule has 5 heteroatoms. The molecule has 0 spiro atoms. The number of aryl methyl sites for hydroxylation is 1. The van der Waals surface area contributed by atoms with Crippen molar-refractivity contribution in [2.75, 3.05) is 0 Å². The number of unbranched alkanes of at least 4 members (excludes halogenated alkanes) is 3. The van der Waals surface area contributed by atoms with Crippen LogP contribution in [0.1, 0.15) is 54.6 Å². The Morgan fingerprint density at radius 3 is 2.72 bits per heavy atom. The van der Waals surface area contributed by atoms with Gasteiger partial charge < -0.3 is 9.67 Å². The van der Waals surface area contributed by atoms with E-state index in [2.05, 4.69) is 11.1 Å². The zero-order valence-corrected chi connectivity index (χ0v) is 14.2. The molecule has 0 fully saturated rings. The van der Waals surface area contributed by atoms with Crippen molar-refractivity contribution in [2.45, 2.75) is 51.5 Å². The van der Waals surface area contributed by atoms with Gasteiger partial charge in [-0.1, -0.05) is 19.4 Å². The first-order chi connectivity index (χ1) is 12.0. The predicted octanol–water partition coefficient (Wildman–Crippen LogP) is 4.50. The molecule has 4 nitrogen and oxygen atoms in total. The van der Waals surface area contributed by atoms with E-state index in [0.717, 1.165) is 43.4 Å². The normalized spacial score (nSPS) is 14.1. The molecule has 1 aromatic heterocycles. The molecule has 0 amide bonds. The number of aromatic nitrogens is 1. The standard InChI is InChI=1S/C20H22FNO3/c1-13-7-9-17-19(20(13)25)15-12-14(21)8-10-16(15)22(17)11-5-3-2-4-6-18(23)24/h8,10,12H,1-7,9,11H2,(H,23,24). The summed E-state index contributed by atoms with van der Waals surface area (Å²) in [6, 6.07) is 4.61. The fraction of sp³-hybridized carbons (Fsp3) is 0.400. The molecule has 1 aromatic carbocycles. The highest BCUT2D eigenvalue weighted by molar-refractivity contribution is 6.18. The Labute approximate surface area is 145 Å². The largest absolute Gasteiger partial charge is 0.481 e. The van der Waals surface area contributed by atoms with E-state index in [-0.39, 0.29) is 18.0 Å². The van der Waals surface area contributed by atoms with Gasteiger partial charge in [0, 0.05) is 29.6 Å². The number of halogens is 1. The second-order valence-corrected chi connectivity index (χ2v) is 6.63. The SMILES string of the molecule is C=C1CCc2c(c3cc(F)ccc3n2CCCCCCC(=O)O)C1=O. The number of allylic oxidation sites excluding steroid dienone is 1. The first-order valence-electron chi connectivity index (χ1n) is 8.74. The maximum Gasteiger partial charge on any atom is 0.303 e. The number of carboxylic acid groups (broad SMARTS) is 1. The van der Waals surface area contributed by atoms with Gasteiger partial charge in [0.05, 0.1) is 5.56 Å². The fourth-order valence-electron chi connectivity index (χ4n) is 3.61. The van der Waals surface area contributed by atoms with Crippen molar-refractivity contribution >= 4 is 22.7 Å². The van der Waals surface area contributed by atoms with Gasteiger partial charge in [0.2, 0.25) is 0 Å². The Balaban J connectivity index is 1.82. The van der Waals surface area contributed by atoms with Gasteiger partial charge in [0.1, 0.15) is 5.82 Å².